The van der Waals surface area contributed by atoms with Crippen LogP contribution in [0.15, 0.2) is 42.5 Å². The molecule has 0 atom stereocenters. The average molecular weight is 280 g/mol. The monoisotopic (exact) mass is 280 g/mol. The first-order chi connectivity index (χ1) is 10.3. The van der Waals surface area contributed by atoms with E-state index in [1.165, 1.54) is 11.1 Å². The number of methoxy groups -OCH3 is 1. The molecule has 0 unspecified atom stereocenters. The van der Waals surface area contributed by atoms with Gasteiger partial charge in [0.1, 0.15) is 11.8 Å². The molecule has 0 radical (unpaired) electrons. The SMILES string of the molecule is CCc1ccc(CNCc2ccc(C#N)c(OC)c2)cc1. The molecule has 2 rings (SSSR count). The second-order valence-corrected chi connectivity index (χ2v) is 4.92. The van der Waals surface area contributed by atoms with Crippen LogP contribution in [-0.4, -0.2) is 7.11 Å². The summed E-state index contributed by atoms with van der Waals surface area (Å²) in [6.07, 6.45) is 1.07. The molecule has 0 aliphatic carbocycles. The number of hydrogen-bond acceptors (Lipinski definition) is 3. The van der Waals surface area contributed by atoms with Crippen molar-refractivity contribution >= 4 is 0 Å². The Morgan fingerprint density at radius 1 is 1.00 bits per heavy atom. The van der Waals surface area contributed by atoms with Gasteiger partial charge in [0.25, 0.3) is 0 Å². The van der Waals surface area contributed by atoms with Crippen LogP contribution in [0.5, 0.6) is 5.75 Å². The van der Waals surface area contributed by atoms with Crippen molar-refractivity contribution in [1.29, 1.82) is 5.26 Å². The molecule has 0 aliphatic rings. The van der Waals surface area contributed by atoms with Gasteiger partial charge in [-0.15, -0.1) is 0 Å². The summed E-state index contributed by atoms with van der Waals surface area (Å²) in [6, 6.07) is 16.4. The third kappa shape index (κ3) is 4.08. The first kappa shape index (κ1) is 15.1. The minimum absolute atomic E-state index is 0.566. The van der Waals surface area contributed by atoms with E-state index in [4.69, 9.17) is 10.00 Å². The van der Waals surface area contributed by atoms with Crippen molar-refractivity contribution in [2.24, 2.45) is 0 Å². The standard InChI is InChI=1S/C18H20N2O/c1-3-14-4-6-15(7-5-14)12-20-13-16-8-9-17(11-19)18(10-16)21-2/h4-10,20H,3,12-13H2,1-2H3. The summed E-state index contributed by atoms with van der Waals surface area (Å²) in [5, 5.41) is 12.4. The zero-order valence-electron chi connectivity index (χ0n) is 12.5. The molecule has 3 nitrogen and oxygen atoms in total. The van der Waals surface area contributed by atoms with Gasteiger partial charge < -0.3 is 10.1 Å². The lowest BCUT2D eigenvalue weighted by molar-refractivity contribution is 0.412. The molecule has 3 heteroatoms. The summed E-state index contributed by atoms with van der Waals surface area (Å²) >= 11 is 0. The number of nitrogens with zero attached hydrogens (tertiary/aromatic N) is 1. The van der Waals surface area contributed by atoms with Gasteiger partial charge in [0.15, 0.2) is 0 Å². The van der Waals surface area contributed by atoms with Gasteiger partial charge in [-0.2, -0.15) is 5.26 Å². The van der Waals surface area contributed by atoms with Gasteiger partial charge in [-0.3, -0.25) is 0 Å². The fourth-order valence-electron chi connectivity index (χ4n) is 2.18. The molecule has 0 saturated heterocycles. The molecular formula is C18H20N2O. The lowest BCUT2D eigenvalue weighted by Gasteiger charge is -2.08. The van der Waals surface area contributed by atoms with Gasteiger partial charge in [-0.1, -0.05) is 37.3 Å². The quantitative estimate of drug-likeness (QED) is 0.882. The molecule has 108 valence electrons. The van der Waals surface area contributed by atoms with Crippen molar-refractivity contribution < 1.29 is 4.74 Å². The Balaban J connectivity index is 1.92. The topological polar surface area (TPSA) is 45.0 Å². The Morgan fingerprint density at radius 2 is 1.62 bits per heavy atom. The highest BCUT2D eigenvalue weighted by atomic mass is 16.5. The number of aryl methyl sites for hydroxylation is 1. The van der Waals surface area contributed by atoms with Crippen LogP contribution in [0.2, 0.25) is 0 Å². The minimum atomic E-state index is 0.566. The Labute approximate surface area is 126 Å². The fraction of sp³-hybridized carbons (Fsp3) is 0.278. The first-order valence-corrected chi connectivity index (χ1v) is 7.12. The number of nitrogens with one attached hydrogen (secondary N) is 1. The van der Waals surface area contributed by atoms with Crippen molar-refractivity contribution in [2.75, 3.05) is 7.11 Å². The lowest BCUT2D eigenvalue weighted by Crippen LogP contribution is -2.12. The van der Waals surface area contributed by atoms with E-state index in [9.17, 15) is 0 Å². The summed E-state index contributed by atoms with van der Waals surface area (Å²) in [4.78, 5) is 0. The second kappa shape index (κ2) is 7.47. The van der Waals surface area contributed by atoms with E-state index in [0.717, 1.165) is 25.1 Å². The Morgan fingerprint density at radius 3 is 2.24 bits per heavy atom. The number of nitriles is 1. The van der Waals surface area contributed by atoms with Crippen molar-refractivity contribution in [3.63, 3.8) is 0 Å². The van der Waals surface area contributed by atoms with Crippen LogP contribution in [0, 0.1) is 11.3 Å². The normalized spacial score (nSPS) is 10.1. The molecular weight excluding hydrogens is 260 g/mol. The van der Waals surface area contributed by atoms with Crippen LogP contribution in [0.25, 0.3) is 0 Å². The van der Waals surface area contributed by atoms with E-state index >= 15 is 0 Å². The highest BCUT2D eigenvalue weighted by Crippen LogP contribution is 2.19. The van der Waals surface area contributed by atoms with E-state index in [2.05, 4.69) is 42.6 Å². The average Bonchev–Trinajstić information content (AvgIpc) is 2.55. The van der Waals surface area contributed by atoms with Crippen LogP contribution in [-0.2, 0) is 19.5 Å². The van der Waals surface area contributed by atoms with E-state index in [-0.39, 0.29) is 0 Å². The van der Waals surface area contributed by atoms with Crippen molar-refractivity contribution in [3.8, 4) is 11.8 Å². The lowest BCUT2D eigenvalue weighted by atomic mass is 10.1. The Kier molecular flexibility index (Phi) is 5.36. The predicted molar refractivity (Wildman–Crippen MR) is 84.1 cm³/mol. The van der Waals surface area contributed by atoms with E-state index in [1.807, 2.05) is 12.1 Å². The zero-order chi connectivity index (χ0) is 15.1. The number of rotatable bonds is 6. The van der Waals surface area contributed by atoms with Gasteiger partial charge in [-0.05, 0) is 35.2 Å². The van der Waals surface area contributed by atoms with Crippen LogP contribution in [0.4, 0.5) is 0 Å². The maximum absolute atomic E-state index is 8.96. The largest absolute Gasteiger partial charge is 0.495 e. The van der Waals surface area contributed by atoms with E-state index < -0.39 is 0 Å². The highest BCUT2D eigenvalue weighted by molar-refractivity contribution is 5.45. The molecule has 0 fully saturated rings. The van der Waals surface area contributed by atoms with Crippen molar-refractivity contribution in [1.82, 2.24) is 5.32 Å². The molecule has 21 heavy (non-hydrogen) atoms. The van der Waals surface area contributed by atoms with Crippen LogP contribution < -0.4 is 10.1 Å². The number of benzene rings is 2. The molecule has 0 aromatic heterocycles. The molecule has 0 amide bonds. The molecule has 2 aromatic rings. The second-order valence-electron chi connectivity index (χ2n) is 4.92. The van der Waals surface area contributed by atoms with E-state index in [1.54, 1.807) is 13.2 Å². The van der Waals surface area contributed by atoms with Crippen LogP contribution in [0.1, 0.15) is 29.2 Å². The van der Waals surface area contributed by atoms with Gasteiger partial charge in [-0.25, -0.2) is 0 Å². The minimum Gasteiger partial charge on any atom is -0.495 e. The molecule has 0 saturated carbocycles. The van der Waals surface area contributed by atoms with Gasteiger partial charge >= 0.3 is 0 Å². The summed E-state index contributed by atoms with van der Waals surface area (Å²) in [6.45, 7) is 3.73. The molecule has 0 heterocycles. The first-order valence-electron chi connectivity index (χ1n) is 7.12. The summed E-state index contributed by atoms with van der Waals surface area (Å²) in [7, 11) is 1.59. The van der Waals surface area contributed by atoms with Crippen molar-refractivity contribution in [3.05, 3.63) is 64.7 Å². The molecule has 0 bridgehead atoms. The highest BCUT2D eigenvalue weighted by Gasteiger charge is 2.03. The Bertz CT molecular complexity index is 627. The third-order valence-electron chi connectivity index (χ3n) is 3.48. The number of hydrogen-bond donors (Lipinski definition) is 1. The summed E-state index contributed by atoms with van der Waals surface area (Å²) < 4.78 is 5.22. The molecule has 1 N–H and O–H groups in total. The summed E-state index contributed by atoms with van der Waals surface area (Å²) in [5.41, 5.74) is 4.30. The maximum atomic E-state index is 8.96. The third-order valence-corrected chi connectivity index (χ3v) is 3.48. The predicted octanol–water partition coefficient (Wildman–Crippen LogP) is 3.42. The molecule has 0 aliphatic heterocycles. The van der Waals surface area contributed by atoms with Gasteiger partial charge in [0, 0.05) is 13.1 Å². The zero-order valence-corrected chi connectivity index (χ0v) is 12.5. The molecule has 0 spiro atoms. The van der Waals surface area contributed by atoms with Crippen LogP contribution >= 0.6 is 0 Å². The van der Waals surface area contributed by atoms with Gasteiger partial charge in [0.05, 0.1) is 12.7 Å². The number of ether oxygens (including phenoxy) is 1. The molecule has 2 aromatic carbocycles. The smallest absolute Gasteiger partial charge is 0.136 e. The van der Waals surface area contributed by atoms with E-state index in [0.29, 0.717) is 11.3 Å². The van der Waals surface area contributed by atoms with Crippen molar-refractivity contribution in [2.45, 2.75) is 26.4 Å². The van der Waals surface area contributed by atoms with Gasteiger partial charge in [0.2, 0.25) is 0 Å². The fourth-order valence-corrected chi connectivity index (χ4v) is 2.18. The van der Waals surface area contributed by atoms with Crippen LogP contribution in [0.3, 0.4) is 0 Å². The Hall–Kier alpha value is -2.31. The summed E-state index contributed by atoms with van der Waals surface area (Å²) in [5.74, 6) is 0.629. The maximum Gasteiger partial charge on any atom is 0.136 e.